The summed E-state index contributed by atoms with van der Waals surface area (Å²) < 4.78 is 7.57. The molecule has 1 aliphatic rings. The van der Waals surface area contributed by atoms with E-state index < -0.39 is 24.5 Å². The molecule has 200 valence electrons. The number of anilines is 1. The minimum absolute atomic E-state index is 0.0396. The zero-order chi connectivity index (χ0) is 26.9. The highest BCUT2D eigenvalue weighted by Gasteiger charge is 2.44. The fraction of sp³-hybridized carbons (Fsp3) is 0.538. The second-order valence-corrected chi connectivity index (χ2v) is 10.8. The standard InChI is InChI=1S/C26H37N7O4/c1-26(2,3)17-8-6-16(7-9-17)12-19(34)32(5)11-10-31(4)13-18-21(35)22(36)25(37-18)33-15-30-20-23(27)28-14-29-24(20)33/h6-9,14-15,18,21-22,25,35-36H,10-13H2,1-5H3,(H2,27,28,29)/t18-,21-,22-,25-/m1/s1. The van der Waals surface area contributed by atoms with Gasteiger partial charge in [-0.05, 0) is 23.6 Å². The summed E-state index contributed by atoms with van der Waals surface area (Å²) >= 11 is 0. The van der Waals surface area contributed by atoms with Crippen molar-refractivity contribution in [1.29, 1.82) is 0 Å². The van der Waals surface area contributed by atoms with Gasteiger partial charge in [0.1, 0.15) is 30.2 Å². The number of aromatic nitrogens is 4. The molecular weight excluding hydrogens is 474 g/mol. The van der Waals surface area contributed by atoms with Crippen LogP contribution >= 0.6 is 0 Å². The molecule has 1 saturated heterocycles. The molecule has 11 nitrogen and oxygen atoms in total. The zero-order valence-corrected chi connectivity index (χ0v) is 22.1. The summed E-state index contributed by atoms with van der Waals surface area (Å²) in [6.07, 6.45) is -0.626. The number of hydrogen-bond donors (Lipinski definition) is 3. The van der Waals surface area contributed by atoms with Crippen molar-refractivity contribution < 1.29 is 19.7 Å². The normalized spacial score (nSPS) is 22.2. The average molecular weight is 512 g/mol. The summed E-state index contributed by atoms with van der Waals surface area (Å²) in [6, 6.07) is 8.20. The van der Waals surface area contributed by atoms with E-state index in [4.69, 9.17) is 10.5 Å². The lowest BCUT2D eigenvalue weighted by atomic mass is 9.86. The number of benzene rings is 1. The van der Waals surface area contributed by atoms with Crippen LogP contribution in [-0.4, -0.2) is 97.5 Å². The molecule has 2 aromatic heterocycles. The largest absolute Gasteiger partial charge is 0.387 e. The van der Waals surface area contributed by atoms with Gasteiger partial charge in [-0.2, -0.15) is 0 Å². The van der Waals surface area contributed by atoms with E-state index in [-0.39, 0.29) is 17.1 Å². The molecule has 0 spiro atoms. The molecule has 0 bridgehead atoms. The van der Waals surface area contributed by atoms with Crippen molar-refractivity contribution in [1.82, 2.24) is 29.3 Å². The lowest BCUT2D eigenvalue weighted by molar-refractivity contribution is -0.129. The van der Waals surface area contributed by atoms with Gasteiger partial charge in [0.05, 0.1) is 12.7 Å². The summed E-state index contributed by atoms with van der Waals surface area (Å²) in [5.41, 5.74) is 8.98. The fourth-order valence-electron chi connectivity index (χ4n) is 4.44. The number of carbonyl (C=O) groups is 1. The van der Waals surface area contributed by atoms with Crippen molar-refractivity contribution in [3.63, 3.8) is 0 Å². The fourth-order valence-corrected chi connectivity index (χ4v) is 4.44. The van der Waals surface area contributed by atoms with Gasteiger partial charge in [0.25, 0.3) is 0 Å². The predicted octanol–water partition coefficient (Wildman–Crippen LogP) is 0.958. The summed E-state index contributed by atoms with van der Waals surface area (Å²) in [7, 11) is 3.68. The van der Waals surface area contributed by atoms with Crippen molar-refractivity contribution in [3.05, 3.63) is 48.0 Å². The Bertz CT molecular complexity index is 1220. The van der Waals surface area contributed by atoms with E-state index in [1.165, 1.54) is 18.2 Å². The Morgan fingerprint density at radius 2 is 1.78 bits per heavy atom. The van der Waals surface area contributed by atoms with E-state index in [0.29, 0.717) is 37.2 Å². The van der Waals surface area contributed by atoms with Crippen LogP contribution in [-0.2, 0) is 21.4 Å². The van der Waals surface area contributed by atoms with Crippen LogP contribution < -0.4 is 5.73 Å². The molecule has 11 heteroatoms. The van der Waals surface area contributed by atoms with Gasteiger partial charge < -0.3 is 30.5 Å². The monoisotopic (exact) mass is 511 g/mol. The summed E-state index contributed by atoms with van der Waals surface area (Å²) in [5, 5.41) is 21.3. The van der Waals surface area contributed by atoms with Crippen molar-refractivity contribution in [2.24, 2.45) is 0 Å². The summed E-state index contributed by atoms with van der Waals surface area (Å²) in [6.45, 7) is 7.97. The summed E-state index contributed by atoms with van der Waals surface area (Å²) in [5.74, 6) is 0.270. The van der Waals surface area contributed by atoms with Crippen LogP contribution in [0.1, 0.15) is 38.1 Å². The predicted molar refractivity (Wildman–Crippen MR) is 140 cm³/mol. The first kappa shape index (κ1) is 26.9. The van der Waals surface area contributed by atoms with Crippen LogP contribution in [0.25, 0.3) is 11.2 Å². The average Bonchev–Trinajstić information content (AvgIpc) is 3.39. The van der Waals surface area contributed by atoms with Gasteiger partial charge >= 0.3 is 0 Å². The molecule has 1 amide bonds. The molecule has 1 aromatic carbocycles. The molecular formula is C26H37N7O4. The number of fused-ring (bicyclic) bond motifs is 1. The minimum Gasteiger partial charge on any atom is -0.387 e. The Hall–Kier alpha value is -3.12. The van der Waals surface area contributed by atoms with E-state index in [1.54, 1.807) is 16.5 Å². The SMILES string of the molecule is CN(CCN(C)C(=O)Cc1ccc(C(C)(C)C)cc1)C[C@H]1O[C@@H](n2cnc3c(N)ncnc32)[C@H](O)[C@@H]1O. The first-order valence-corrected chi connectivity index (χ1v) is 12.4. The number of likely N-dealkylation sites (N-methyl/N-ethyl adjacent to an activating group) is 2. The number of ether oxygens (including phenoxy) is 1. The molecule has 3 heterocycles. The lowest BCUT2D eigenvalue weighted by Crippen LogP contribution is -2.41. The van der Waals surface area contributed by atoms with Gasteiger partial charge in [-0.1, -0.05) is 45.0 Å². The molecule has 4 rings (SSSR count). The first-order valence-electron chi connectivity index (χ1n) is 12.4. The first-order chi connectivity index (χ1) is 17.5. The Morgan fingerprint density at radius 1 is 1.08 bits per heavy atom. The number of hydrogen-bond acceptors (Lipinski definition) is 9. The van der Waals surface area contributed by atoms with Gasteiger partial charge in [-0.15, -0.1) is 0 Å². The molecule has 0 saturated carbocycles. The van der Waals surface area contributed by atoms with Crippen molar-refractivity contribution in [2.45, 2.75) is 57.1 Å². The third-order valence-electron chi connectivity index (χ3n) is 6.91. The number of aliphatic hydroxyl groups excluding tert-OH is 2. The molecule has 0 radical (unpaired) electrons. The van der Waals surface area contributed by atoms with E-state index in [0.717, 1.165) is 5.56 Å². The van der Waals surface area contributed by atoms with Crippen molar-refractivity contribution in [2.75, 3.05) is 39.5 Å². The summed E-state index contributed by atoms with van der Waals surface area (Å²) in [4.78, 5) is 28.7. The number of amides is 1. The maximum absolute atomic E-state index is 12.7. The van der Waals surface area contributed by atoms with Gasteiger partial charge in [0, 0.05) is 26.7 Å². The van der Waals surface area contributed by atoms with Crippen molar-refractivity contribution >= 4 is 22.9 Å². The Labute approximate surface area is 216 Å². The van der Waals surface area contributed by atoms with E-state index in [2.05, 4.69) is 47.9 Å². The van der Waals surface area contributed by atoms with E-state index >= 15 is 0 Å². The lowest BCUT2D eigenvalue weighted by Gasteiger charge is -2.25. The molecule has 0 aliphatic carbocycles. The topological polar surface area (TPSA) is 143 Å². The second kappa shape index (κ2) is 10.7. The van der Waals surface area contributed by atoms with Crippen LogP contribution in [0.3, 0.4) is 0 Å². The highest BCUT2D eigenvalue weighted by atomic mass is 16.6. The van der Waals surface area contributed by atoms with E-state index in [9.17, 15) is 15.0 Å². The number of imidazole rings is 1. The molecule has 4 atom stereocenters. The highest BCUT2D eigenvalue weighted by Crippen LogP contribution is 2.32. The molecule has 1 fully saturated rings. The van der Waals surface area contributed by atoms with Crippen LogP contribution in [0.5, 0.6) is 0 Å². The van der Waals surface area contributed by atoms with Gasteiger partial charge in [0.15, 0.2) is 17.7 Å². The van der Waals surface area contributed by atoms with E-state index in [1.807, 2.05) is 24.1 Å². The minimum atomic E-state index is -1.17. The van der Waals surface area contributed by atoms with Crippen molar-refractivity contribution in [3.8, 4) is 0 Å². The highest BCUT2D eigenvalue weighted by molar-refractivity contribution is 5.81. The molecule has 3 aromatic rings. The van der Waals surface area contributed by atoms with Crippen LogP contribution in [0.4, 0.5) is 5.82 Å². The number of nitrogens with two attached hydrogens (primary N) is 1. The van der Waals surface area contributed by atoms with Crippen LogP contribution in [0, 0.1) is 0 Å². The molecule has 0 unspecified atom stereocenters. The van der Waals surface area contributed by atoms with Crippen LogP contribution in [0.15, 0.2) is 36.9 Å². The molecule has 1 aliphatic heterocycles. The van der Waals surface area contributed by atoms with Gasteiger partial charge in [0.2, 0.25) is 5.91 Å². The third-order valence-corrected chi connectivity index (χ3v) is 6.91. The Kier molecular flexibility index (Phi) is 7.79. The number of aliphatic hydroxyl groups is 2. The quantitative estimate of drug-likeness (QED) is 0.403. The Morgan fingerprint density at radius 3 is 2.46 bits per heavy atom. The number of nitrogens with zero attached hydrogens (tertiary/aromatic N) is 6. The number of carbonyl (C=O) groups excluding carboxylic acids is 1. The maximum atomic E-state index is 12.7. The van der Waals surface area contributed by atoms with Gasteiger partial charge in [-0.25, -0.2) is 15.0 Å². The van der Waals surface area contributed by atoms with Crippen LogP contribution in [0.2, 0.25) is 0 Å². The number of nitrogen functional groups attached to an aromatic ring is 1. The maximum Gasteiger partial charge on any atom is 0.226 e. The number of rotatable bonds is 8. The molecule has 4 N–H and O–H groups in total. The second-order valence-electron chi connectivity index (χ2n) is 10.8. The Balaban J connectivity index is 1.29. The smallest absolute Gasteiger partial charge is 0.226 e. The zero-order valence-electron chi connectivity index (χ0n) is 22.1. The van der Waals surface area contributed by atoms with Gasteiger partial charge in [-0.3, -0.25) is 9.36 Å². The molecule has 37 heavy (non-hydrogen) atoms. The third kappa shape index (κ3) is 5.90.